The Hall–Kier alpha value is -1.77. The van der Waals surface area contributed by atoms with E-state index in [0.29, 0.717) is 13.0 Å². The Morgan fingerprint density at radius 2 is 1.24 bits per heavy atom. The van der Waals surface area contributed by atoms with Crippen LogP contribution in [0, 0.1) is 0 Å². The molecule has 0 spiro atoms. The quantitative estimate of drug-likeness (QED) is 0.120. The number of nitrogens with one attached hydrogen (secondary N) is 1. The summed E-state index contributed by atoms with van der Waals surface area (Å²) in [5.41, 5.74) is 0.796. The summed E-state index contributed by atoms with van der Waals surface area (Å²) in [6.07, 6.45) is 28.3. The number of amides is 1. The van der Waals surface area contributed by atoms with Crippen LogP contribution in [0.2, 0.25) is 0 Å². The zero-order valence-electron chi connectivity index (χ0n) is 22.3. The van der Waals surface area contributed by atoms with Crippen LogP contribution in [0.25, 0.3) is 0 Å². The van der Waals surface area contributed by atoms with E-state index in [1.807, 2.05) is 24.3 Å². The first kappa shape index (κ1) is 30.3. The molecule has 0 fully saturated rings. The van der Waals surface area contributed by atoms with E-state index >= 15 is 0 Å². The topological polar surface area (TPSA) is 38.3 Å². The van der Waals surface area contributed by atoms with Crippen LogP contribution in [0.3, 0.4) is 0 Å². The lowest BCUT2D eigenvalue weighted by atomic mass is 10.0. The number of unbranched alkanes of at least 4 members (excludes halogenated alkanes) is 18. The van der Waals surface area contributed by atoms with Crippen molar-refractivity contribution >= 4 is 11.6 Å². The van der Waals surface area contributed by atoms with Gasteiger partial charge < -0.3 is 10.1 Å². The van der Waals surface area contributed by atoms with E-state index in [9.17, 15) is 4.79 Å². The minimum atomic E-state index is 0.0906. The van der Waals surface area contributed by atoms with Gasteiger partial charge in [0, 0.05) is 18.2 Å². The predicted molar refractivity (Wildman–Crippen MR) is 149 cm³/mol. The fraction of sp³-hybridized carbons (Fsp3) is 0.710. The predicted octanol–water partition coefficient (Wildman–Crippen LogP) is 10.0. The molecule has 0 aromatic heterocycles. The standard InChI is InChI=1S/C31H53NO2/c1-3-5-6-7-8-9-10-11-12-13-14-15-16-17-18-19-20-21-22-26-31(33)32-29-24-23-25-30(28-29)34-27-4-2/h4,23-25,28H,2-3,5-22,26-27H2,1H3,(H,32,33). The van der Waals surface area contributed by atoms with Crippen molar-refractivity contribution in [3.05, 3.63) is 36.9 Å². The van der Waals surface area contributed by atoms with Crippen LogP contribution in [0.5, 0.6) is 5.75 Å². The second-order valence-corrected chi connectivity index (χ2v) is 9.79. The average Bonchev–Trinajstić information content (AvgIpc) is 2.84. The van der Waals surface area contributed by atoms with E-state index in [2.05, 4.69) is 18.8 Å². The number of benzene rings is 1. The number of ether oxygens (including phenoxy) is 1. The zero-order chi connectivity index (χ0) is 24.5. The average molecular weight is 472 g/mol. The van der Waals surface area contributed by atoms with Crippen molar-refractivity contribution in [2.45, 2.75) is 135 Å². The third-order valence-electron chi connectivity index (χ3n) is 6.49. The molecule has 0 unspecified atom stereocenters. The number of hydrogen-bond donors (Lipinski definition) is 1. The first-order valence-electron chi connectivity index (χ1n) is 14.4. The molecule has 3 nitrogen and oxygen atoms in total. The number of anilines is 1. The van der Waals surface area contributed by atoms with Crippen LogP contribution in [0.1, 0.15) is 135 Å². The highest BCUT2D eigenvalue weighted by molar-refractivity contribution is 5.90. The normalized spacial score (nSPS) is 10.9. The highest BCUT2D eigenvalue weighted by Crippen LogP contribution is 2.18. The van der Waals surface area contributed by atoms with Gasteiger partial charge in [0.15, 0.2) is 0 Å². The monoisotopic (exact) mass is 471 g/mol. The fourth-order valence-corrected chi connectivity index (χ4v) is 4.41. The second-order valence-electron chi connectivity index (χ2n) is 9.79. The molecule has 0 aliphatic rings. The van der Waals surface area contributed by atoms with Crippen molar-refractivity contribution in [2.24, 2.45) is 0 Å². The van der Waals surface area contributed by atoms with Crippen LogP contribution in [0.15, 0.2) is 36.9 Å². The van der Waals surface area contributed by atoms with Crippen LogP contribution in [0.4, 0.5) is 5.69 Å². The fourth-order valence-electron chi connectivity index (χ4n) is 4.41. The van der Waals surface area contributed by atoms with Gasteiger partial charge in [0.1, 0.15) is 12.4 Å². The van der Waals surface area contributed by atoms with Gasteiger partial charge in [-0.25, -0.2) is 0 Å². The molecular weight excluding hydrogens is 418 g/mol. The SMILES string of the molecule is C=CCOc1cccc(NC(=O)CCCCCCCCCCCCCCCCCCCCC)c1. The Morgan fingerprint density at radius 3 is 1.71 bits per heavy atom. The molecule has 0 aliphatic heterocycles. The lowest BCUT2D eigenvalue weighted by molar-refractivity contribution is -0.116. The van der Waals surface area contributed by atoms with Crippen molar-refractivity contribution in [3.8, 4) is 5.75 Å². The Kier molecular flexibility index (Phi) is 20.5. The van der Waals surface area contributed by atoms with Gasteiger partial charge in [0.2, 0.25) is 5.91 Å². The molecule has 0 saturated carbocycles. The van der Waals surface area contributed by atoms with E-state index in [1.165, 1.54) is 109 Å². The van der Waals surface area contributed by atoms with Crippen molar-refractivity contribution in [1.29, 1.82) is 0 Å². The Morgan fingerprint density at radius 1 is 0.765 bits per heavy atom. The van der Waals surface area contributed by atoms with Gasteiger partial charge in [-0.2, -0.15) is 0 Å². The third-order valence-corrected chi connectivity index (χ3v) is 6.49. The molecule has 1 rings (SSSR count). The smallest absolute Gasteiger partial charge is 0.224 e. The lowest BCUT2D eigenvalue weighted by Crippen LogP contribution is -2.11. The van der Waals surface area contributed by atoms with E-state index in [4.69, 9.17) is 4.74 Å². The summed E-state index contributed by atoms with van der Waals surface area (Å²) in [5, 5.41) is 2.97. The van der Waals surface area contributed by atoms with Gasteiger partial charge in [0.25, 0.3) is 0 Å². The molecule has 0 heterocycles. The number of carbonyl (C=O) groups is 1. The summed E-state index contributed by atoms with van der Waals surface area (Å²) in [5.74, 6) is 0.842. The molecule has 0 bridgehead atoms. The minimum absolute atomic E-state index is 0.0906. The summed E-state index contributed by atoms with van der Waals surface area (Å²) >= 11 is 0. The van der Waals surface area contributed by atoms with Crippen LogP contribution in [-0.2, 0) is 4.79 Å². The van der Waals surface area contributed by atoms with Crippen LogP contribution in [-0.4, -0.2) is 12.5 Å². The number of hydrogen-bond acceptors (Lipinski definition) is 2. The Labute approximate surface area is 211 Å². The summed E-state index contributed by atoms with van der Waals surface area (Å²) < 4.78 is 5.51. The van der Waals surface area contributed by atoms with Crippen molar-refractivity contribution in [1.82, 2.24) is 0 Å². The van der Waals surface area contributed by atoms with Gasteiger partial charge in [-0.15, -0.1) is 0 Å². The second kappa shape index (κ2) is 23.0. The van der Waals surface area contributed by atoms with Crippen LogP contribution >= 0.6 is 0 Å². The van der Waals surface area contributed by atoms with Gasteiger partial charge in [0.05, 0.1) is 0 Å². The van der Waals surface area contributed by atoms with Crippen molar-refractivity contribution in [3.63, 3.8) is 0 Å². The molecule has 1 amide bonds. The molecule has 0 saturated heterocycles. The molecule has 1 aromatic carbocycles. The highest BCUT2D eigenvalue weighted by Gasteiger charge is 2.03. The van der Waals surface area contributed by atoms with E-state index < -0.39 is 0 Å². The lowest BCUT2D eigenvalue weighted by Gasteiger charge is -2.08. The van der Waals surface area contributed by atoms with Gasteiger partial charge >= 0.3 is 0 Å². The maximum Gasteiger partial charge on any atom is 0.224 e. The summed E-state index contributed by atoms with van der Waals surface area (Å²) in [4.78, 5) is 12.2. The van der Waals surface area contributed by atoms with Crippen molar-refractivity contribution in [2.75, 3.05) is 11.9 Å². The van der Waals surface area contributed by atoms with E-state index in [0.717, 1.165) is 24.3 Å². The Balaban J connectivity index is 1.83. The largest absolute Gasteiger partial charge is 0.489 e. The summed E-state index contributed by atoms with van der Waals surface area (Å²) in [6, 6.07) is 7.54. The molecule has 1 N–H and O–H groups in total. The molecule has 0 atom stereocenters. The van der Waals surface area contributed by atoms with Gasteiger partial charge in [-0.1, -0.05) is 141 Å². The maximum absolute atomic E-state index is 12.2. The molecule has 0 radical (unpaired) electrons. The first-order chi connectivity index (χ1) is 16.8. The van der Waals surface area contributed by atoms with Crippen molar-refractivity contribution < 1.29 is 9.53 Å². The van der Waals surface area contributed by atoms with E-state index in [-0.39, 0.29) is 5.91 Å². The van der Waals surface area contributed by atoms with Crippen LogP contribution < -0.4 is 10.1 Å². The summed E-state index contributed by atoms with van der Waals surface area (Å²) in [7, 11) is 0. The van der Waals surface area contributed by atoms with Gasteiger partial charge in [-0.3, -0.25) is 4.79 Å². The molecule has 34 heavy (non-hydrogen) atoms. The number of carbonyl (C=O) groups excluding carboxylic acids is 1. The highest BCUT2D eigenvalue weighted by atomic mass is 16.5. The molecule has 0 aliphatic carbocycles. The van der Waals surface area contributed by atoms with E-state index in [1.54, 1.807) is 6.08 Å². The third kappa shape index (κ3) is 18.6. The Bertz CT molecular complexity index is 613. The minimum Gasteiger partial charge on any atom is -0.489 e. The summed E-state index contributed by atoms with van der Waals surface area (Å²) in [6.45, 7) is 6.41. The molecule has 194 valence electrons. The van der Waals surface area contributed by atoms with Gasteiger partial charge in [-0.05, 0) is 18.6 Å². The molecule has 1 aromatic rings. The maximum atomic E-state index is 12.2. The molecular formula is C31H53NO2. The zero-order valence-corrected chi connectivity index (χ0v) is 22.3. The molecule has 3 heteroatoms. The number of rotatable bonds is 24. The first-order valence-corrected chi connectivity index (χ1v) is 14.4.